The number of halogens is 2. The predicted molar refractivity (Wildman–Crippen MR) is 70.7 cm³/mol. The van der Waals surface area contributed by atoms with Crippen molar-refractivity contribution >= 4 is 40.1 Å². The molecule has 0 aromatic heterocycles. The van der Waals surface area contributed by atoms with Gasteiger partial charge in [-0.05, 0) is 47.7 Å². The van der Waals surface area contributed by atoms with E-state index >= 15 is 0 Å². The van der Waals surface area contributed by atoms with Crippen molar-refractivity contribution in [3.8, 4) is 0 Å². The van der Waals surface area contributed by atoms with E-state index in [1.165, 1.54) is 0 Å². The summed E-state index contributed by atoms with van der Waals surface area (Å²) >= 11 is 7.98. The average molecular weight is 352 g/mol. The molecule has 3 nitrogen and oxygen atoms in total. The second-order valence-electron chi connectivity index (χ2n) is 4.29. The molecule has 1 aliphatic heterocycles. The Bertz CT molecular complexity index is 440. The largest absolute Gasteiger partial charge is 0.386 e. The van der Waals surface area contributed by atoms with E-state index < -0.39 is 5.60 Å². The van der Waals surface area contributed by atoms with Crippen molar-refractivity contribution in [3.63, 3.8) is 0 Å². The lowest BCUT2D eigenvalue weighted by atomic mass is 9.96. The Labute approximate surface area is 113 Å². The summed E-state index contributed by atoms with van der Waals surface area (Å²) in [5.41, 5.74) is -0.112. The van der Waals surface area contributed by atoms with Gasteiger partial charge in [-0.1, -0.05) is 11.6 Å². The second kappa shape index (κ2) is 4.16. The van der Waals surface area contributed by atoms with Crippen LogP contribution in [-0.4, -0.2) is 34.6 Å². The number of benzene rings is 1. The molecule has 0 bridgehead atoms. The van der Waals surface area contributed by atoms with Crippen LogP contribution in [0.15, 0.2) is 18.2 Å². The lowest BCUT2D eigenvalue weighted by Crippen LogP contribution is -2.61. The molecule has 16 heavy (non-hydrogen) atoms. The van der Waals surface area contributed by atoms with Crippen molar-refractivity contribution in [2.75, 3.05) is 13.1 Å². The van der Waals surface area contributed by atoms with Crippen LogP contribution in [0, 0.1) is 3.57 Å². The highest BCUT2D eigenvalue weighted by Crippen LogP contribution is 2.24. The highest BCUT2D eigenvalue weighted by atomic mass is 127. The van der Waals surface area contributed by atoms with Gasteiger partial charge in [-0.3, -0.25) is 4.79 Å². The monoisotopic (exact) mass is 351 g/mol. The minimum atomic E-state index is -0.727. The molecule has 0 aliphatic carbocycles. The van der Waals surface area contributed by atoms with Gasteiger partial charge in [0.2, 0.25) is 0 Å². The molecule has 0 atom stereocenters. The molecule has 5 heteroatoms. The summed E-state index contributed by atoms with van der Waals surface area (Å²) in [6.45, 7) is 2.51. The van der Waals surface area contributed by atoms with E-state index in [1.807, 2.05) is 0 Å². The molecule has 0 spiro atoms. The third kappa shape index (κ3) is 2.33. The first-order valence-corrected chi connectivity index (χ1v) is 6.31. The van der Waals surface area contributed by atoms with Crippen LogP contribution in [0.2, 0.25) is 5.02 Å². The standard InChI is InChI=1S/C11H11ClINO2/c1-11(16)5-14(6-11)10(15)7-2-3-8(12)9(13)4-7/h2-4,16H,5-6H2,1H3. The third-order valence-corrected chi connectivity index (χ3v) is 4.06. The number of hydrogen-bond acceptors (Lipinski definition) is 2. The van der Waals surface area contributed by atoms with E-state index in [9.17, 15) is 9.90 Å². The number of likely N-dealkylation sites (tertiary alicyclic amines) is 1. The highest BCUT2D eigenvalue weighted by molar-refractivity contribution is 14.1. The summed E-state index contributed by atoms with van der Waals surface area (Å²) in [5, 5.41) is 10.2. The summed E-state index contributed by atoms with van der Waals surface area (Å²) in [6.07, 6.45) is 0. The Kier molecular flexibility index (Phi) is 3.16. The predicted octanol–water partition coefficient (Wildman–Crippen LogP) is 2.15. The van der Waals surface area contributed by atoms with Crippen LogP contribution in [0.3, 0.4) is 0 Å². The number of rotatable bonds is 1. The van der Waals surface area contributed by atoms with Crippen molar-refractivity contribution in [1.29, 1.82) is 0 Å². The first-order chi connectivity index (χ1) is 7.39. The number of carbonyl (C=O) groups is 1. The molecule has 0 unspecified atom stereocenters. The van der Waals surface area contributed by atoms with Crippen LogP contribution < -0.4 is 0 Å². The van der Waals surface area contributed by atoms with Crippen LogP contribution in [0.25, 0.3) is 0 Å². The van der Waals surface area contributed by atoms with Crippen molar-refractivity contribution in [2.45, 2.75) is 12.5 Å². The molecular formula is C11H11ClINO2. The number of hydrogen-bond donors (Lipinski definition) is 1. The fourth-order valence-corrected chi connectivity index (χ4v) is 2.36. The molecule has 1 amide bonds. The zero-order valence-electron chi connectivity index (χ0n) is 8.70. The maximum absolute atomic E-state index is 11.9. The Hall–Kier alpha value is -0.330. The van der Waals surface area contributed by atoms with Gasteiger partial charge in [0.05, 0.1) is 23.7 Å². The van der Waals surface area contributed by atoms with E-state index in [2.05, 4.69) is 22.6 Å². The Morgan fingerprint density at radius 3 is 2.69 bits per heavy atom. The molecule has 1 aromatic carbocycles. The first kappa shape index (κ1) is 12.1. The molecule has 0 saturated carbocycles. The molecule has 1 aromatic rings. The van der Waals surface area contributed by atoms with Gasteiger partial charge in [0.25, 0.3) is 5.91 Å². The van der Waals surface area contributed by atoms with Crippen LogP contribution >= 0.6 is 34.2 Å². The van der Waals surface area contributed by atoms with E-state index in [0.29, 0.717) is 23.7 Å². The highest BCUT2D eigenvalue weighted by Gasteiger charge is 2.39. The van der Waals surface area contributed by atoms with Gasteiger partial charge in [-0.25, -0.2) is 0 Å². The number of nitrogens with zero attached hydrogens (tertiary/aromatic N) is 1. The SMILES string of the molecule is CC1(O)CN(C(=O)c2ccc(Cl)c(I)c2)C1. The van der Waals surface area contributed by atoms with Crippen LogP contribution in [0.5, 0.6) is 0 Å². The van der Waals surface area contributed by atoms with Gasteiger partial charge >= 0.3 is 0 Å². The smallest absolute Gasteiger partial charge is 0.254 e. The number of amides is 1. The molecule has 1 heterocycles. The minimum absolute atomic E-state index is 0.0545. The normalized spacial score (nSPS) is 18.1. The average Bonchev–Trinajstić information content (AvgIpc) is 2.17. The molecular weight excluding hydrogens is 340 g/mol. The number of carbonyl (C=O) groups excluding carboxylic acids is 1. The fourth-order valence-electron chi connectivity index (χ4n) is 1.73. The maximum atomic E-state index is 11.9. The maximum Gasteiger partial charge on any atom is 0.254 e. The molecule has 0 radical (unpaired) electrons. The van der Waals surface area contributed by atoms with E-state index in [0.717, 1.165) is 3.57 Å². The van der Waals surface area contributed by atoms with Crippen LogP contribution in [-0.2, 0) is 0 Å². The Balaban J connectivity index is 2.13. The number of aliphatic hydroxyl groups is 1. The van der Waals surface area contributed by atoms with Crippen molar-refractivity contribution in [2.24, 2.45) is 0 Å². The summed E-state index contributed by atoms with van der Waals surface area (Å²) in [5.74, 6) is -0.0545. The van der Waals surface area contributed by atoms with Gasteiger partial charge in [0, 0.05) is 9.13 Å². The fraction of sp³-hybridized carbons (Fsp3) is 0.364. The summed E-state index contributed by atoms with van der Waals surface area (Å²) in [6, 6.07) is 5.19. The second-order valence-corrected chi connectivity index (χ2v) is 5.86. The van der Waals surface area contributed by atoms with Crippen LogP contribution in [0.1, 0.15) is 17.3 Å². The zero-order valence-corrected chi connectivity index (χ0v) is 11.6. The number of β-amino-alcohol motifs (C(OH)–C–C–N with tert-alkyl or cyclic N) is 1. The first-order valence-electron chi connectivity index (χ1n) is 4.86. The molecule has 2 rings (SSSR count). The van der Waals surface area contributed by atoms with E-state index in [-0.39, 0.29) is 5.91 Å². The summed E-state index contributed by atoms with van der Waals surface area (Å²) < 4.78 is 0.859. The lowest BCUT2D eigenvalue weighted by molar-refractivity contribution is -0.0668. The third-order valence-electron chi connectivity index (χ3n) is 2.52. The van der Waals surface area contributed by atoms with Gasteiger partial charge < -0.3 is 10.0 Å². The van der Waals surface area contributed by atoms with E-state index in [1.54, 1.807) is 30.0 Å². The molecule has 1 saturated heterocycles. The van der Waals surface area contributed by atoms with Gasteiger partial charge in [0.1, 0.15) is 0 Å². The lowest BCUT2D eigenvalue weighted by Gasteiger charge is -2.44. The van der Waals surface area contributed by atoms with Gasteiger partial charge in [0.15, 0.2) is 0 Å². The van der Waals surface area contributed by atoms with Gasteiger partial charge in [-0.2, -0.15) is 0 Å². The molecule has 1 fully saturated rings. The molecule has 1 aliphatic rings. The Morgan fingerprint density at radius 2 is 2.19 bits per heavy atom. The molecule has 1 N–H and O–H groups in total. The van der Waals surface area contributed by atoms with Crippen LogP contribution in [0.4, 0.5) is 0 Å². The molecule has 86 valence electrons. The van der Waals surface area contributed by atoms with Crippen molar-refractivity contribution < 1.29 is 9.90 Å². The zero-order chi connectivity index (χ0) is 11.9. The summed E-state index contributed by atoms with van der Waals surface area (Å²) in [4.78, 5) is 13.6. The quantitative estimate of drug-likeness (QED) is 0.788. The summed E-state index contributed by atoms with van der Waals surface area (Å²) in [7, 11) is 0. The topological polar surface area (TPSA) is 40.5 Å². The van der Waals surface area contributed by atoms with Crippen molar-refractivity contribution in [3.05, 3.63) is 32.4 Å². The minimum Gasteiger partial charge on any atom is -0.386 e. The van der Waals surface area contributed by atoms with Crippen molar-refractivity contribution in [1.82, 2.24) is 4.90 Å². The van der Waals surface area contributed by atoms with Gasteiger partial charge in [-0.15, -0.1) is 0 Å². The Morgan fingerprint density at radius 1 is 1.56 bits per heavy atom. The van der Waals surface area contributed by atoms with E-state index in [4.69, 9.17) is 11.6 Å².